The molecule has 0 unspecified atom stereocenters. The fourth-order valence-corrected chi connectivity index (χ4v) is 4.51. The number of thiophene rings is 1. The Bertz CT molecular complexity index is 1470. The molecule has 6 heteroatoms. The van der Waals surface area contributed by atoms with E-state index in [0.29, 0.717) is 16.8 Å². The third-order valence-corrected chi connectivity index (χ3v) is 6.06. The molecule has 5 rings (SSSR count). The Balaban J connectivity index is 1.58. The Morgan fingerprint density at radius 2 is 1.77 bits per heavy atom. The summed E-state index contributed by atoms with van der Waals surface area (Å²) in [7, 11) is 0. The van der Waals surface area contributed by atoms with Crippen LogP contribution >= 0.6 is 11.3 Å². The van der Waals surface area contributed by atoms with E-state index in [2.05, 4.69) is 29.2 Å². The molecule has 5 nitrogen and oxygen atoms in total. The van der Waals surface area contributed by atoms with Gasteiger partial charge in [-0.3, -0.25) is 9.36 Å². The van der Waals surface area contributed by atoms with Crippen LogP contribution in [0.1, 0.15) is 15.9 Å². The van der Waals surface area contributed by atoms with Gasteiger partial charge >= 0.3 is 5.97 Å². The van der Waals surface area contributed by atoms with E-state index in [4.69, 9.17) is 5.11 Å². The van der Waals surface area contributed by atoms with Crippen LogP contribution in [0.2, 0.25) is 0 Å². The predicted molar refractivity (Wildman–Crippen MR) is 119 cm³/mol. The van der Waals surface area contributed by atoms with Crippen molar-refractivity contribution in [3.05, 3.63) is 99.9 Å². The van der Waals surface area contributed by atoms with Gasteiger partial charge in [0.25, 0.3) is 5.56 Å². The number of nitrogens with zero attached hydrogens (tertiary/aromatic N) is 2. The standard InChI is InChI=1S/C24H16N2O3S/c27-23-21-20(19-10-9-16-3-1-2-4-18(16)11-19)13-30-22(21)25-14-26(23)12-15-5-7-17(8-6-15)24(28)29/h1-11,13-14H,12H2,(H,28,29). The highest BCUT2D eigenvalue weighted by atomic mass is 32.1. The van der Waals surface area contributed by atoms with Crippen LogP contribution in [-0.2, 0) is 6.54 Å². The number of carboxylic acid groups (broad SMARTS) is 1. The molecule has 0 bridgehead atoms. The van der Waals surface area contributed by atoms with Gasteiger partial charge in [0.2, 0.25) is 0 Å². The highest BCUT2D eigenvalue weighted by molar-refractivity contribution is 7.17. The Kier molecular flexibility index (Phi) is 4.41. The van der Waals surface area contributed by atoms with Gasteiger partial charge in [-0.15, -0.1) is 11.3 Å². The Hall–Kier alpha value is -3.77. The van der Waals surface area contributed by atoms with Gasteiger partial charge in [-0.05, 0) is 40.1 Å². The smallest absolute Gasteiger partial charge is 0.335 e. The molecule has 0 aliphatic carbocycles. The maximum Gasteiger partial charge on any atom is 0.335 e. The van der Waals surface area contributed by atoms with Crippen molar-refractivity contribution in [2.24, 2.45) is 0 Å². The lowest BCUT2D eigenvalue weighted by molar-refractivity contribution is 0.0697. The highest BCUT2D eigenvalue weighted by Crippen LogP contribution is 2.32. The molecule has 2 heterocycles. The van der Waals surface area contributed by atoms with Gasteiger partial charge in [0.1, 0.15) is 4.83 Å². The predicted octanol–water partition coefficient (Wildman–Crippen LogP) is 5.02. The van der Waals surface area contributed by atoms with Gasteiger partial charge in [0, 0.05) is 10.9 Å². The third kappa shape index (κ3) is 3.17. The van der Waals surface area contributed by atoms with E-state index >= 15 is 0 Å². The second kappa shape index (κ2) is 7.24. The first-order valence-corrected chi connectivity index (χ1v) is 10.3. The Labute approximate surface area is 175 Å². The van der Waals surface area contributed by atoms with Gasteiger partial charge in [-0.1, -0.05) is 48.5 Å². The first-order chi connectivity index (χ1) is 14.6. The molecule has 0 spiro atoms. The molecule has 0 aliphatic rings. The molecule has 5 aromatic rings. The maximum absolute atomic E-state index is 13.3. The Morgan fingerprint density at radius 3 is 2.53 bits per heavy atom. The average Bonchev–Trinajstić information content (AvgIpc) is 3.21. The lowest BCUT2D eigenvalue weighted by Crippen LogP contribution is -2.21. The molecule has 0 atom stereocenters. The summed E-state index contributed by atoms with van der Waals surface area (Å²) in [6.45, 7) is 0.328. The highest BCUT2D eigenvalue weighted by Gasteiger charge is 2.14. The van der Waals surface area contributed by atoms with Crippen LogP contribution in [0.3, 0.4) is 0 Å². The zero-order valence-electron chi connectivity index (χ0n) is 15.8. The van der Waals surface area contributed by atoms with Crippen molar-refractivity contribution in [2.75, 3.05) is 0 Å². The zero-order valence-corrected chi connectivity index (χ0v) is 16.6. The molecule has 3 aromatic carbocycles. The first-order valence-electron chi connectivity index (χ1n) is 9.38. The van der Waals surface area contributed by atoms with Crippen LogP contribution < -0.4 is 5.56 Å². The minimum absolute atomic E-state index is 0.105. The molecule has 1 N–H and O–H groups in total. The lowest BCUT2D eigenvalue weighted by Gasteiger charge is -2.07. The van der Waals surface area contributed by atoms with Crippen molar-refractivity contribution in [1.82, 2.24) is 9.55 Å². The molecular weight excluding hydrogens is 396 g/mol. The number of rotatable bonds is 4. The fraction of sp³-hybridized carbons (Fsp3) is 0.0417. The number of aromatic nitrogens is 2. The van der Waals surface area contributed by atoms with Crippen molar-refractivity contribution < 1.29 is 9.90 Å². The largest absolute Gasteiger partial charge is 0.478 e. The van der Waals surface area contributed by atoms with E-state index in [1.807, 2.05) is 23.6 Å². The summed E-state index contributed by atoms with van der Waals surface area (Å²) in [5.74, 6) is -0.972. The summed E-state index contributed by atoms with van der Waals surface area (Å²) in [5.41, 5.74) is 2.82. The fourth-order valence-electron chi connectivity index (χ4n) is 3.60. The number of carbonyl (C=O) groups is 1. The molecule has 0 radical (unpaired) electrons. The number of fused-ring (bicyclic) bond motifs is 2. The summed E-state index contributed by atoms with van der Waals surface area (Å²) in [5, 5.41) is 13.9. The third-order valence-electron chi connectivity index (χ3n) is 5.17. The molecular formula is C24H16N2O3S. The maximum atomic E-state index is 13.3. The molecule has 2 aromatic heterocycles. The number of hydrogen-bond donors (Lipinski definition) is 1. The van der Waals surface area contributed by atoms with Crippen molar-refractivity contribution in [1.29, 1.82) is 0 Å². The van der Waals surface area contributed by atoms with Crippen LogP contribution in [-0.4, -0.2) is 20.6 Å². The molecule has 0 saturated carbocycles. The topological polar surface area (TPSA) is 72.2 Å². The van der Waals surface area contributed by atoms with Gasteiger partial charge < -0.3 is 5.11 Å². The van der Waals surface area contributed by atoms with E-state index in [0.717, 1.165) is 27.5 Å². The van der Waals surface area contributed by atoms with Crippen LogP contribution in [0.5, 0.6) is 0 Å². The second-order valence-corrected chi connectivity index (χ2v) is 7.93. The van der Waals surface area contributed by atoms with E-state index in [9.17, 15) is 9.59 Å². The summed E-state index contributed by atoms with van der Waals surface area (Å²) in [6, 6.07) is 20.8. The molecule has 0 aliphatic heterocycles. The number of benzene rings is 3. The van der Waals surface area contributed by atoms with Gasteiger partial charge in [0.15, 0.2) is 0 Å². The first kappa shape index (κ1) is 18.3. The summed E-state index contributed by atoms with van der Waals surface area (Å²) >= 11 is 1.46. The van der Waals surface area contributed by atoms with E-state index in [1.165, 1.54) is 11.3 Å². The SMILES string of the molecule is O=C(O)c1ccc(Cn2cnc3scc(-c4ccc5ccccc5c4)c3c2=O)cc1. The van der Waals surface area contributed by atoms with Gasteiger partial charge in [-0.25, -0.2) is 9.78 Å². The summed E-state index contributed by atoms with van der Waals surface area (Å²) in [6.07, 6.45) is 1.55. The van der Waals surface area contributed by atoms with Crippen LogP contribution in [0, 0.1) is 0 Å². The number of carboxylic acids is 1. The van der Waals surface area contributed by atoms with Crippen molar-refractivity contribution in [3.8, 4) is 11.1 Å². The summed E-state index contributed by atoms with van der Waals surface area (Å²) in [4.78, 5) is 29.5. The van der Waals surface area contributed by atoms with Gasteiger partial charge in [-0.2, -0.15) is 0 Å². The van der Waals surface area contributed by atoms with Crippen LogP contribution in [0.25, 0.3) is 32.1 Å². The minimum Gasteiger partial charge on any atom is -0.478 e. The normalized spacial score (nSPS) is 11.2. The molecule has 0 fully saturated rings. The van der Waals surface area contributed by atoms with E-state index in [-0.39, 0.29) is 11.1 Å². The molecule has 0 amide bonds. The second-order valence-electron chi connectivity index (χ2n) is 7.07. The Morgan fingerprint density at radius 1 is 1.00 bits per heavy atom. The van der Waals surface area contributed by atoms with Crippen LogP contribution in [0.15, 0.2) is 83.2 Å². The van der Waals surface area contributed by atoms with Crippen molar-refractivity contribution >= 4 is 38.3 Å². The summed E-state index contributed by atoms with van der Waals surface area (Å²) < 4.78 is 1.56. The average molecular weight is 412 g/mol. The molecule has 146 valence electrons. The van der Waals surface area contributed by atoms with Crippen molar-refractivity contribution in [3.63, 3.8) is 0 Å². The quantitative estimate of drug-likeness (QED) is 0.450. The zero-order chi connectivity index (χ0) is 20.7. The number of aromatic carboxylic acids is 1. The molecule has 30 heavy (non-hydrogen) atoms. The van der Waals surface area contributed by atoms with Crippen molar-refractivity contribution in [2.45, 2.75) is 6.54 Å². The number of hydrogen-bond acceptors (Lipinski definition) is 4. The van der Waals surface area contributed by atoms with Gasteiger partial charge in [0.05, 0.1) is 23.8 Å². The van der Waals surface area contributed by atoms with E-state index < -0.39 is 5.97 Å². The monoisotopic (exact) mass is 412 g/mol. The molecule has 0 saturated heterocycles. The van der Waals surface area contributed by atoms with E-state index in [1.54, 1.807) is 35.2 Å². The lowest BCUT2D eigenvalue weighted by atomic mass is 10.0. The van der Waals surface area contributed by atoms with Crippen LogP contribution in [0.4, 0.5) is 0 Å². The minimum atomic E-state index is -0.972.